The van der Waals surface area contributed by atoms with Crippen molar-refractivity contribution in [1.29, 1.82) is 0 Å². The fourth-order valence-corrected chi connectivity index (χ4v) is 3.48. The van der Waals surface area contributed by atoms with Crippen LogP contribution in [0.25, 0.3) is 11.1 Å². The van der Waals surface area contributed by atoms with E-state index in [2.05, 4.69) is 5.32 Å². The number of hydrogen-bond donors (Lipinski definition) is 1. The Morgan fingerprint density at radius 2 is 1.62 bits per heavy atom. The smallest absolute Gasteiger partial charge is 0.420 e. The zero-order valence-electron chi connectivity index (χ0n) is 17.9. The average Bonchev–Trinajstić information content (AvgIpc) is 3.13. The normalized spacial score (nSPS) is 10.7. The molecule has 4 aromatic rings. The number of amides is 1. The van der Waals surface area contributed by atoms with Crippen LogP contribution in [0, 0.1) is 0 Å². The molecule has 1 heterocycles. The third-order valence-corrected chi connectivity index (χ3v) is 5.04. The maximum absolute atomic E-state index is 12.9. The highest BCUT2D eigenvalue weighted by molar-refractivity contribution is 6.06. The van der Waals surface area contributed by atoms with E-state index in [9.17, 15) is 9.59 Å². The number of carbonyl (C=O) groups is 1. The van der Waals surface area contributed by atoms with Gasteiger partial charge in [0, 0.05) is 23.4 Å². The molecular weight excluding hydrogens is 412 g/mol. The van der Waals surface area contributed by atoms with E-state index in [1.54, 1.807) is 30.3 Å². The summed E-state index contributed by atoms with van der Waals surface area (Å²) in [4.78, 5) is 25.3. The van der Waals surface area contributed by atoms with Gasteiger partial charge in [0.25, 0.3) is 5.91 Å². The van der Waals surface area contributed by atoms with Crippen LogP contribution in [0.2, 0.25) is 0 Å². The third-order valence-electron chi connectivity index (χ3n) is 5.04. The number of rotatable bonds is 7. The van der Waals surface area contributed by atoms with E-state index in [1.165, 1.54) is 25.9 Å². The first-order valence-corrected chi connectivity index (χ1v) is 9.82. The molecule has 0 unspecified atom stereocenters. The summed E-state index contributed by atoms with van der Waals surface area (Å²) in [5, 5.41) is 2.83. The second-order valence-electron chi connectivity index (χ2n) is 6.99. The monoisotopic (exact) mass is 434 g/mol. The van der Waals surface area contributed by atoms with Gasteiger partial charge in [-0.15, -0.1) is 0 Å². The average molecular weight is 434 g/mol. The highest BCUT2D eigenvalue weighted by atomic mass is 16.5. The van der Waals surface area contributed by atoms with Gasteiger partial charge in [0.2, 0.25) is 5.75 Å². The van der Waals surface area contributed by atoms with Crippen LogP contribution in [0.1, 0.15) is 15.9 Å². The summed E-state index contributed by atoms with van der Waals surface area (Å²) in [6.45, 7) is 0.338. The molecule has 0 aliphatic carbocycles. The molecule has 0 aliphatic heterocycles. The van der Waals surface area contributed by atoms with Crippen LogP contribution < -0.4 is 25.3 Å². The van der Waals surface area contributed by atoms with Crippen molar-refractivity contribution in [2.75, 3.05) is 26.6 Å². The Balaban J connectivity index is 1.66. The Morgan fingerprint density at radius 1 is 0.938 bits per heavy atom. The fourth-order valence-electron chi connectivity index (χ4n) is 3.48. The molecule has 1 aromatic heterocycles. The summed E-state index contributed by atoms with van der Waals surface area (Å²) in [6, 6.07) is 17.7. The Hall–Kier alpha value is -4.20. The van der Waals surface area contributed by atoms with Gasteiger partial charge in [0.05, 0.1) is 33.4 Å². The molecular formula is C24H22N2O6. The first kappa shape index (κ1) is 21.0. The minimum absolute atomic E-state index is 0.338. The van der Waals surface area contributed by atoms with Crippen LogP contribution in [0.4, 0.5) is 5.69 Å². The number of fused-ring (bicyclic) bond motifs is 1. The van der Waals surface area contributed by atoms with E-state index in [1.807, 2.05) is 30.3 Å². The fraction of sp³-hybridized carbons (Fsp3) is 0.167. The summed E-state index contributed by atoms with van der Waals surface area (Å²) in [6.07, 6.45) is 0. The van der Waals surface area contributed by atoms with Crippen LogP contribution in [-0.4, -0.2) is 31.8 Å². The molecule has 8 heteroatoms. The van der Waals surface area contributed by atoms with Crippen molar-refractivity contribution in [2.24, 2.45) is 0 Å². The number of aromatic nitrogens is 1. The molecule has 0 spiro atoms. The van der Waals surface area contributed by atoms with Crippen molar-refractivity contribution in [3.63, 3.8) is 0 Å². The second-order valence-corrected chi connectivity index (χ2v) is 6.99. The molecule has 164 valence electrons. The highest BCUT2D eigenvalue weighted by Gasteiger charge is 2.17. The molecule has 0 saturated heterocycles. The van der Waals surface area contributed by atoms with Crippen LogP contribution in [-0.2, 0) is 6.54 Å². The number of carbonyl (C=O) groups excluding carboxylic acids is 1. The van der Waals surface area contributed by atoms with Gasteiger partial charge < -0.3 is 23.9 Å². The molecule has 0 aliphatic rings. The van der Waals surface area contributed by atoms with Gasteiger partial charge in [-0.2, -0.15) is 0 Å². The van der Waals surface area contributed by atoms with E-state index >= 15 is 0 Å². The zero-order valence-corrected chi connectivity index (χ0v) is 17.9. The Morgan fingerprint density at radius 3 is 2.25 bits per heavy atom. The second kappa shape index (κ2) is 8.89. The van der Waals surface area contributed by atoms with Crippen molar-refractivity contribution in [2.45, 2.75) is 6.54 Å². The number of nitrogens with zero attached hydrogens (tertiary/aromatic N) is 1. The molecule has 0 radical (unpaired) electrons. The van der Waals surface area contributed by atoms with E-state index in [4.69, 9.17) is 18.6 Å². The lowest BCUT2D eigenvalue weighted by molar-refractivity contribution is 0.102. The quantitative estimate of drug-likeness (QED) is 0.474. The lowest BCUT2D eigenvalue weighted by Crippen LogP contribution is -2.15. The minimum atomic E-state index is -0.481. The van der Waals surface area contributed by atoms with Gasteiger partial charge in [0.15, 0.2) is 17.1 Å². The minimum Gasteiger partial charge on any atom is -0.493 e. The number of nitrogens with one attached hydrogen (secondary N) is 1. The standard InChI is InChI=1S/C24H22N2O6/c1-29-20-12-17(13-21(30-2)22(20)31-3)25-23(27)16-9-10-19-18(11-16)26(24(28)32-19)14-15-7-5-4-6-8-15/h4-13H,14H2,1-3H3,(H,25,27). The summed E-state index contributed by atoms with van der Waals surface area (Å²) < 4.78 is 22.8. The van der Waals surface area contributed by atoms with Gasteiger partial charge in [-0.25, -0.2) is 4.79 Å². The van der Waals surface area contributed by atoms with E-state index in [0.717, 1.165) is 5.56 Å². The van der Waals surface area contributed by atoms with Gasteiger partial charge in [-0.1, -0.05) is 30.3 Å². The lowest BCUT2D eigenvalue weighted by Gasteiger charge is -2.14. The Bertz CT molecular complexity index is 1300. The Labute approximate surface area is 183 Å². The zero-order chi connectivity index (χ0) is 22.7. The predicted octanol–water partition coefficient (Wildman–Crippen LogP) is 3.92. The highest BCUT2D eigenvalue weighted by Crippen LogP contribution is 2.40. The van der Waals surface area contributed by atoms with Gasteiger partial charge in [-0.05, 0) is 23.8 Å². The SMILES string of the molecule is COc1cc(NC(=O)c2ccc3oc(=O)n(Cc4ccccc4)c3c2)cc(OC)c1OC. The van der Waals surface area contributed by atoms with Crippen molar-refractivity contribution >= 4 is 22.7 Å². The first-order chi connectivity index (χ1) is 15.5. The van der Waals surface area contributed by atoms with Crippen LogP contribution in [0.5, 0.6) is 17.2 Å². The van der Waals surface area contributed by atoms with E-state index in [0.29, 0.717) is 46.1 Å². The molecule has 3 aromatic carbocycles. The molecule has 4 rings (SSSR count). The van der Waals surface area contributed by atoms with Crippen LogP contribution in [0.15, 0.2) is 69.9 Å². The van der Waals surface area contributed by atoms with E-state index in [-0.39, 0.29) is 5.91 Å². The number of methoxy groups -OCH3 is 3. The topological polar surface area (TPSA) is 91.9 Å². The lowest BCUT2D eigenvalue weighted by atomic mass is 10.1. The van der Waals surface area contributed by atoms with Crippen molar-refractivity contribution in [3.8, 4) is 17.2 Å². The Kier molecular flexibility index (Phi) is 5.85. The van der Waals surface area contributed by atoms with Crippen LogP contribution in [0.3, 0.4) is 0 Å². The maximum Gasteiger partial charge on any atom is 0.420 e. The molecule has 0 bridgehead atoms. The summed E-state index contributed by atoms with van der Waals surface area (Å²) in [5.41, 5.74) is 2.74. The largest absolute Gasteiger partial charge is 0.493 e. The maximum atomic E-state index is 12.9. The predicted molar refractivity (Wildman–Crippen MR) is 120 cm³/mol. The number of anilines is 1. The van der Waals surface area contributed by atoms with Gasteiger partial charge in [0.1, 0.15) is 0 Å². The van der Waals surface area contributed by atoms with Crippen molar-refractivity contribution in [1.82, 2.24) is 4.57 Å². The summed E-state index contributed by atoms with van der Waals surface area (Å²) >= 11 is 0. The summed E-state index contributed by atoms with van der Waals surface area (Å²) in [5.74, 6) is 0.429. The molecule has 8 nitrogen and oxygen atoms in total. The van der Waals surface area contributed by atoms with Crippen molar-refractivity contribution in [3.05, 3.63) is 82.3 Å². The molecule has 0 saturated carbocycles. The molecule has 0 fully saturated rings. The molecule has 1 N–H and O–H groups in total. The van der Waals surface area contributed by atoms with Gasteiger partial charge >= 0.3 is 5.76 Å². The number of benzene rings is 3. The molecule has 1 amide bonds. The molecule has 0 atom stereocenters. The number of hydrogen-bond acceptors (Lipinski definition) is 6. The van der Waals surface area contributed by atoms with Gasteiger partial charge in [-0.3, -0.25) is 9.36 Å². The molecule has 32 heavy (non-hydrogen) atoms. The van der Waals surface area contributed by atoms with Crippen LogP contribution >= 0.6 is 0 Å². The summed E-state index contributed by atoms with van der Waals surface area (Å²) in [7, 11) is 4.51. The van der Waals surface area contributed by atoms with Crippen molar-refractivity contribution < 1.29 is 23.4 Å². The number of ether oxygens (including phenoxy) is 3. The van der Waals surface area contributed by atoms with E-state index < -0.39 is 5.76 Å². The first-order valence-electron chi connectivity index (χ1n) is 9.82. The third kappa shape index (κ3) is 4.02. The number of oxazole rings is 1.